The first kappa shape index (κ1) is 24.0. The smallest absolute Gasteiger partial charge is 0.0164 e. The molecule has 0 spiro atoms. The van der Waals surface area contributed by atoms with Crippen LogP contribution in [0.5, 0.6) is 0 Å². The fourth-order valence-corrected chi connectivity index (χ4v) is 11.8. The number of fused-ring (bicyclic) bond motifs is 10. The molecule has 0 N–H and O–H groups in total. The maximum atomic E-state index is 3.07. The highest BCUT2D eigenvalue weighted by Crippen LogP contribution is 2.62. The van der Waals surface area contributed by atoms with Gasteiger partial charge in [0.15, 0.2) is 0 Å². The molecule has 0 aromatic heterocycles. The number of nitrogens with zero attached hydrogens (tertiary/aromatic N) is 2. The van der Waals surface area contributed by atoms with Crippen molar-refractivity contribution >= 4 is 0 Å². The van der Waals surface area contributed by atoms with E-state index in [-0.39, 0.29) is 0 Å². The van der Waals surface area contributed by atoms with Crippen LogP contribution in [0.2, 0.25) is 0 Å². The van der Waals surface area contributed by atoms with Gasteiger partial charge in [0.05, 0.1) is 0 Å². The standard InChI is InChI=1S/C32H54N2/c1-17(2)31-30-25-13-11-23(16-25)28(30)26(34(31)19(5)6)14-9-20(7)32-29-24-12-10-22(15-24)27(29)21(8)33(32)18(3)4/h10,12,17-32H,9,11,13-16H2,1-8H3. The van der Waals surface area contributed by atoms with Gasteiger partial charge in [-0.3, -0.25) is 9.80 Å². The van der Waals surface area contributed by atoms with Crippen molar-refractivity contribution in [2.45, 2.75) is 130 Å². The zero-order valence-corrected chi connectivity index (χ0v) is 23.5. The van der Waals surface area contributed by atoms with E-state index in [0.717, 1.165) is 83.3 Å². The summed E-state index contributed by atoms with van der Waals surface area (Å²) in [5.41, 5.74) is 0. The molecule has 2 heteroatoms. The fourth-order valence-electron chi connectivity index (χ4n) is 11.8. The van der Waals surface area contributed by atoms with E-state index >= 15 is 0 Å². The normalized spacial score (nSPS) is 50.4. The third-order valence-corrected chi connectivity index (χ3v) is 12.3. The molecule has 2 aliphatic heterocycles. The molecule has 3 saturated carbocycles. The summed E-state index contributed by atoms with van der Waals surface area (Å²) >= 11 is 0. The molecular formula is C32H54N2. The van der Waals surface area contributed by atoms with Crippen molar-refractivity contribution in [2.24, 2.45) is 59.2 Å². The number of rotatable bonds is 7. The molecule has 6 aliphatic rings. The summed E-state index contributed by atoms with van der Waals surface area (Å²) in [5.74, 6) is 9.28. The second kappa shape index (κ2) is 8.61. The van der Waals surface area contributed by atoms with Gasteiger partial charge in [0.2, 0.25) is 0 Å². The van der Waals surface area contributed by atoms with Gasteiger partial charge in [0.25, 0.3) is 0 Å². The van der Waals surface area contributed by atoms with E-state index in [4.69, 9.17) is 0 Å². The van der Waals surface area contributed by atoms with Crippen molar-refractivity contribution in [2.75, 3.05) is 0 Å². The van der Waals surface area contributed by atoms with Crippen LogP contribution in [0.4, 0.5) is 0 Å². The Morgan fingerprint density at radius 2 is 1.32 bits per heavy atom. The molecule has 4 bridgehead atoms. The number of likely N-dealkylation sites (tertiary alicyclic amines) is 2. The van der Waals surface area contributed by atoms with Crippen LogP contribution in [0.3, 0.4) is 0 Å². The molecule has 2 nitrogen and oxygen atoms in total. The van der Waals surface area contributed by atoms with Crippen molar-refractivity contribution in [1.29, 1.82) is 0 Å². The first-order valence-corrected chi connectivity index (χ1v) is 15.4. The predicted octanol–water partition coefficient (Wildman–Crippen LogP) is 7.10. The van der Waals surface area contributed by atoms with E-state index in [0.29, 0.717) is 12.1 Å². The van der Waals surface area contributed by atoms with Gasteiger partial charge in [0, 0.05) is 36.3 Å². The van der Waals surface area contributed by atoms with E-state index in [1.54, 1.807) is 6.42 Å². The van der Waals surface area contributed by atoms with Crippen LogP contribution in [0.1, 0.15) is 93.9 Å². The molecule has 0 aromatic carbocycles. The van der Waals surface area contributed by atoms with Crippen molar-refractivity contribution in [3.63, 3.8) is 0 Å². The molecule has 34 heavy (non-hydrogen) atoms. The van der Waals surface area contributed by atoms with E-state index in [1.165, 1.54) is 32.1 Å². The number of hydrogen-bond donors (Lipinski definition) is 0. The Bertz CT molecular complexity index is 784. The van der Waals surface area contributed by atoms with Crippen LogP contribution in [0.15, 0.2) is 12.2 Å². The minimum atomic E-state index is 0.673. The summed E-state index contributed by atoms with van der Waals surface area (Å²) < 4.78 is 0. The third kappa shape index (κ3) is 3.32. The Balaban J connectivity index is 1.23. The number of hydrogen-bond acceptors (Lipinski definition) is 2. The van der Waals surface area contributed by atoms with Crippen molar-refractivity contribution < 1.29 is 0 Å². The van der Waals surface area contributed by atoms with Crippen LogP contribution in [-0.2, 0) is 0 Å². The Morgan fingerprint density at radius 3 is 1.94 bits per heavy atom. The van der Waals surface area contributed by atoms with Crippen LogP contribution in [0.25, 0.3) is 0 Å². The molecule has 2 saturated heterocycles. The SMILES string of the molecule is CC(C)C1C2C3CCC(C3)C2C(CCC(C)C2C3C4C=CC(C4)C3C(C)N2C(C)C)N1C(C)C. The van der Waals surface area contributed by atoms with Gasteiger partial charge >= 0.3 is 0 Å². The maximum Gasteiger partial charge on any atom is 0.0164 e. The van der Waals surface area contributed by atoms with Gasteiger partial charge in [-0.2, -0.15) is 0 Å². The average Bonchev–Trinajstić information content (AvgIpc) is 3.59. The molecule has 192 valence electrons. The van der Waals surface area contributed by atoms with E-state index in [2.05, 4.69) is 77.3 Å². The van der Waals surface area contributed by atoms with E-state index < -0.39 is 0 Å². The van der Waals surface area contributed by atoms with Crippen LogP contribution >= 0.6 is 0 Å². The van der Waals surface area contributed by atoms with Crippen molar-refractivity contribution in [3.05, 3.63) is 12.2 Å². The molecule has 13 atom stereocenters. The lowest BCUT2D eigenvalue weighted by Gasteiger charge is -2.41. The average molecular weight is 467 g/mol. The molecule has 0 radical (unpaired) electrons. The zero-order valence-electron chi connectivity index (χ0n) is 23.5. The first-order chi connectivity index (χ1) is 16.2. The van der Waals surface area contributed by atoms with E-state index in [1.807, 2.05) is 0 Å². The summed E-state index contributed by atoms with van der Waals surface area (Å²) in [6, 6.07) is 4.60. The molecule has 13 unspecified atom stereocenters. The molecule has 5 fully saturated rings. The molecule has 6 rings (SSSR count). The monoisotopic (exact) mass is 466 g/mol. The summed E-state index contributed by atoms with van der Waals surface area (Å²) in [6.45, 7) is 20.2. The van der Waals surface area contributed by atoms with Crippen molar-refractivity contribution in [1.82, 2.24) is 9.80 Å². The van der Waals surface area contributed by atoms with Crippen molar-refractivity contribution in [3.8, 4) is 0 Å². The third-order valence-electron chi connectivity index (χ3n) is 12.3. The second-order valence-corrected chi connectivity index (χ2v) is 14.8. The van der Waals surface area contributed by atoms with Gasteiger partial charge in [-0.05, 0) is 132 Å². The molecule has 0 amide bonds. The predicted molar refractivity (Wildman–Crippen MR) is 144 cm³/mol. The fraction of sp³-hybridized carbons (Fsp3) is 0.938. The topological polar surface area (TPSA) is 6.48 Å². The first-order valence-electron chi connectivity index (χ1n) is 15.4. The summed E-state index contributed by atoms with van der Waals surface area (Å²) in [5, 5.41) is 0. The van der Waals surface area contributed by atoms with Crippen LogP contribution < -0.4 is 0 Å². The zero-order chi connectivity index (χ0) is 24.0. The number of allylic oxidation sites excluding steroid dienone is 2. The highest BCUT2D eigenvalue weighted by molar-refractivity contribution is 5.21. The minimum Gasteiger partial charge on any atom is -0.294 e. The summed E-state index contributed by atoms with van der Waals surface area (Å²) in [6.07, 6.45) is 14.2. The minimum absolute atomic E-state index is 0.673. The molecular weight excluding hydrogens is 412 g/mol. The Kier molecular flexibility index (Phi) is 6.08. The largest absolute Gasteiger partial charge is 0.294 e. The Labute approximate surface area is 211 Å². The highest BCUT2D eigenvalue weighted by Gasteiger charge is 2.62. The van der Waals surface area contributed by atoms with Gasteiger partial charge < -0.3 is 0 Å². The van der Waals surface area contributed by atoms with Crippen LogP contribution in [-0.4, -0.2) is 46.1 Å². The summed E-state index contributed by atoms with van der Waals surface area (Å²) in [4.78, 5) is 6.05. The second-order valence-electron chi connectivity index (χ2n) is 14.8. The quantitative estimate of drug-likeness (QED) is 0.369. The van der Waals surface area contributed by atoms with E-state index in [9.17, 15) is 0 Å². The van der Waals surface area contributed by atoms with Crippen LogP contribution in [0, 0.1) is 59.2 Å². The highest BCUT2D eigenvalue weighted by atomic mass is 15.3. The lowest BCUT2D eigenvalue weighted by atomic mass is 9.72. The van der Waals surface area contributed by atoms with Gasteiger partial charge in [-0.15, -0.1) is 0 Å². The summed E-state index contributed by atoms with van der Waals surface area (Å²) in [7, 11) is 0. The van der Waals surface area contributed by atoms with Gasteiger partial charge in [-0.1, -0.05) is 32.9 Å². The van der Waals surface area contributed by atoms with Gasteiger partial charge in [0.1, 0.15) is 0 Å². The lowest BCUT2D eigenvalue weighted by Crippen LogP contribution is -2.48. The molecule has 2 heterocycles. The maximum absolute atomic E-state index is 3.07. The Morgan fingerprint density at radius 1 is 0.706 bits per heavy atom. The molecule has 4 aliphatic carbocycles. The van der Waals surface area contributed by atoms with Gasteiger partial charge in [-0.25, -0.2) is 0 Å². The molecule has 0 aromatic rings. The lowest BCUT2D eigenvalue weighted by molar-refractivity contribution is 0.0662. The Hall–Kier alpha value is -0.340.